The first-order valence-corrected chi connectivity index (χ1v) is 9.93. The van der Waals surface area contributed by atoms with Crippen molar-refractivity contribution >= 4 is 17.2 Å². The maximum atomic E-state index is 13.0. The predicted octanol–water partition coefficient (Wildman–Crippen LogP) is 3.01. The lowest BCUT2D eigenvalue weighted by Crippen LogP contribution is -2.24. The van der Waals surface area contributed by atoms with Gasteiger partial charge >= 0.3 is 0 Å². The van der Waals surface area contributed by atoms with E-state index in [2.05, 4.69) is 20.4 Å². The molecule has 0 aliphatic carbocycles. The first-order chi connectivity index (χ1) is 14.9. The second kappa shape index (κ2) is 7.12. The number of benzene rings is 1. The number of nitrogens with zero attached hydrogens (tertiary/aromatic N) is 5. The van der Waals surface area contributed by atoms with E-state index in [4.69, 9.17) is 9.47 Å². The van der Waals surface area contributed by atoms with E-state index in [1.807, 2.05) is 43.8 Å². The normalized spacial score (nSPS) is 14.3. The van der Waals surface area contributed by atoms with Crippen LogP contribution in [0.4, 0.5) is 5.69 Å². The standard InChI is InChI=1S/C22H22N6O3/c1-22(2)9-14-7-17(26-21(29)16-10-25-28-6-4-5-23-20(16)28)19(8-18(14)31-22)30-12-15-11-27(3)13-24-15/h4-8,10-11,13H,9,12H2,1-3H3,(H,26,29). The van der Waals surface area contributed by atoms with Crippen molar-refractivity contribution in [3.05, 3.63) is 66.1 Å². The first-order valence-electron chi connectivity index (χ1n) is 9.93. The molecule has 0 radical (unpaired) electrons. The zero-order valence-corrected chi connectivity index (χ0v) is 17.5. The molecule has 0 fully saturated rings. The third-order valence-electron chi connectivity index (χ3n) is 5.07. The molecule has 9 heteroatoms. The Morgan fingerprint density at radius 2 is 2.19 bits per heavy atom. The summed E-state index contributed by atoms with van der Waals surface area (Å²) in [5.41, 5.74) is 2.93. The highest BCUT2D eigenvalue weighted by Crippen LogP contribution is 2.41. The van der Waals surface area contributed by atoms with E-state index in [9.17, 15) is 4.79 Å². The number of ether oxygens (including phenoxy) is 2. The van der Waals surface area contributed by atoms with Crippen LogP contribution in [0.2, 0.25) is 0 Å². The van der Waals surface area contributed by atoms with Crippen molar-refractivity contribution in [3.8, 4) is 11.5 Å². The lowest BCUT2D eigenvalue weighted by Gasteiger charge is -2.17. The van der Waals surface area contributed by atoms with E-state index in [1.165, 1.54) is 6.20 Å². The van der Waals surface area contributed by atoms with Crippen molar-refractivity contribution in [2.45, 2.75) is 32.5 Å². The van der Waals surface area contributed by atoms with Crippen molar-refractivity contribution in [1.29, 1.82) is 0 Å². The third-order valence-corrected chi connectivity index (χ3v) is 5.07. The fraction of sp³-hybridized carbons (Fsp3) is 0.273. The van der Waals surface area contributed by atoms with Crippen LogP contribution in [0.25, 0.3) is 5.65 Å². The molecule has 0 atom stereocenters. The van der Waals surface area contributed by atoms with Crippen LogP contribution in [-0.2, 0) is 20.1 Å². The SMILES string of the molecule is Cn1cnc(COc2cc3c(cc2NC(=O)c2cnn4cccnc24)CC(C)(C)O3)c1. The number of hydrogen-bond acceptors (Lipinski definition) is 6. The maximum Gasteiger partial charge on any atom is 0.261 e. The molecule has 4 aromatic rings. The molecule has 1 aliphatic rings. The number of aromatic nitrogens is 5. The molecule has 4 heterocycles. The predicted molar refractivity (Wildman–Crippen MR) is 113 cm³/mol. The molecule has 3 aromatic heterocycles. The number of anilines is 1. The Morgan fingerprint density at radius 1 is 1.32 bits per heavy atom. The van der Waals surface area contributed by atoms with Crippen molar-refractivity contribution in [1.82, 2.24) is 24.1 Å². The van der Waals surface area contributed by atoms with Crippen LogP contribution in [-0.4, -0.2) is 35.7 Å². The van der Waals surface area contributed by atoms with Crippen LogP contribution < -0.4 is 14.8 Å². The lowest BCUT2D eigenvalue weighted by atomic mass is 10.0. The van der Waals surface area contributed by atoms with Crippen LogP contribution in [0, 0.1) is 0 Å². The summed E-state index contributed by atoms with van der Waals surface area (Å²) < 4.78 is 15.5. The summed E-state index contributed by atoms with van der Waals surface area (Å²) in [5.74, 6) is 0.964. The van der Waals surface area contributed by atoms with Crippen LogP contribution in [0.15, 0.2) is 49.3 Å². The third kappa shape index (κ3) is 3.70. The number of aryl methyl sites for hydroxylation is 1. The summed E-state index contributed by atoms with van der Waals surface area (Å²) in [7, 11) is 1.90. The Bertz CT molecular complexity index is 1290. The van der Waals surface area contributed by atoms with Crippen LogP contribution in [0.3, 0.4) is 0 Å². The van der Waals surface area contributed by atoms with Gasteiger partial charge in [0.25, 0.3) is 5.91 Å². The summed E-state index contributed by atoms with van der Waals surface area (Å²) in [6.45, 7) is 4.33. The molecule has 0 spiro atoms. The van der Waals surface area contributed by atoms with Gasteiger partial charge in [-0.25, -0.2) is 14.5 Å². The fourth-order valence-electron chi connectivity index (χ4n) is 3.72. The minimum Gasteiger partial charge on any atom is -0.487 e. The van der Waals surface area contributed by atoms with Gasteiger partial charge in [-0.15, -0.1) is 0 Å². The molecule has 0 bridgehead atoms. The highest BCUT2D eigenvalue weighted by molar-refractivity contribution is 6.08. The molecule has 1 amide bonds. The summed E-state index contributed by atoms with van der Waals surface area (Å²) in [5, 5.41) is 7.16. The molecule has 1 aliphatic heterocycles. The van der Waals surface area contributed by atoms with E-state index in [0.29, 0.717) is 22.6 Å². The van der Waals surface area contributed by atoms with E-state index >= 15 is 0 Å². The van der Waals surface area contributed by atoms with Gasteiger partial charge in [-0.2, -0.15) is 5.10 Å². The first kappa shape index (κ1) is 19.1. The summed E-state index contributed by atoms with van der Waals surface area (Å²) in [4.78, 5) is 21.6. The Labute approximate surface area is 178 Å². The second-order valence-electron chi connectivity index (χ2n) is 8.21. The minimum absolute atomic E-state index is 0.268. The van der Waals surface area contributed by atoms with Crippen molar-refractivity contribution in [2.24, 2.45) is 7.05 Å². The average Bonchev–Trinajstić information content (AvgIpc) is 3.41. The Morgan fingerprint density at radius 3 is 3.00 bits per heavy atom. The average molecular weight is 418 g/mol. The molecule has 1 aromatic carbocycles. The Kier molecular flexibility index (Phi) is 4.39. The van der Waals surface area contributed by atoms with E-state index in [-0.39, 0.29) is 18.1 Å². The Balaban J connectivity index is 1.46. The quantitative estimate of drug-likeness (QED) is 0.535. The smallest absolute Gasteiger partial charge is 0.261 e. The van der Waals surface area contributed by atoms with E-state index in [1.54, 1.807) is 29.3 Å². The number of nitrogens with one attached hydrogen (secondary N) is 1. The number of hydrogen-bond donors (Lipinski definition) is 1. The molecule has 1 N–H and O–H groups in total. The zero-order chi connectivity index (χ0) is 21.6. The highest BCUT2D eigenvalue weighted by atomic mass is 16.5. The molecular formula is C22H22N6O3. The minimum atomic E-state index is -0.311. The highest BCUT2D eigenvalue weighted by Gasteiger charge is 2.31. The van der Waals surface area contributed by atoms with Gasteiger partial charge in [0.15, 0.2) is 5.65 Å². The van der Waals surface area contributed by atoms with E-state index in [0.717, 1.165) is 23.4 Å². The number of fused-ring (bicyclic) bond motifs is 2. The van der Waals surface area contributed by atoms with Crippen LogP contribution >= 0.6 is 0 Å². The van der Waals surface area contributed by atoms with Crippen LogP contribution in [0.5, 0.6) is 11.5 Å². The van der Waals surface area contributed by atoms with Gasteiger partial charge in [-0.1, -0.05) is 0 Å². The summed E-state index contributed by atoms with van der Waals surface area (Å²) in [6, 6.07) is 5.50. The summed E-state index contributed by atoms with van der Waals surface area (Å²) >= 11 is 0. The van der Waals surface area contributed by atoms with Gasteiger partial charge in [0, 0.05) is 43.7 Å². The molecule has 158 valence electrons. The van der Waals surface area contributed by atoms with Crippen molar-refractivity contribution in [3.63, 3.8) is 0 Å². The van der Waals surface area contributed by atoms with Crippen molar-refractivity contribution < 1.29 is 14.3 Å². The molecule has 0 unspecified atom stereocenters. The largest absolute Gasteiger partial charge is 0.487 e. The second-order valence-corrected chi connectivity index (χ2v) is 8.21. The van der Waals surface area contributed by atoms with Crippen LogP contribution in [0.1, 0.15) is 35.5 Å². The molecular weight excluding hydrogens is 396 g/mol. The molecule has 0 saturated heterocycles. The number of amides is 1. The summed E-state index contributed by atoms with van der Waals surface area (Å²) in [6.07, 6.45) is 9.22. The van der Waals surface area contributed by atoms with Gasteiger partial charge < -0.3 is 19.4 Å². The number of imidazole rings is 1. The number of carbonyl (C=O) groups excluding carboxylic acids is 1. The zero-order valence-electron chi connectivity index (χ0n) is 17.5. The monoisotopic (exact) mass is 418 g/mol. The van der Waals surface area contributed by atoms with Gasteiger partial charge in [0.1, 0.15) is 29.3 Å². The topological polar surface area (TPSA) is 95.6 Å². The lowest BCUT2D eigenvalue weighted by molar-refractivity contribution is 0.102. The Hall–Kier alpha value is -3.88. The number of rotatable bonds is 5. The fourth-order valence-corrected chi connectivity index (χ4v) is 3.72. The maximum absolute atomic E-state index is 13.0. The molecule has 0 saturated carbocycles. The number of carbonyl (C=O) groups is 1. The van der Waals surface area contributed by atoms with Gasteiger partial charge in [-0.05, 0) is 26.0 Å². The van der Waals surface area contributed by atoms with Gasteiger partial charge in [0.2, 0.25) is 0 Å². The molecule has 9 nitrogen and oxygen atoms in total. The molecule has 5 rings (SSSR count). The van der Waals surface area contributed by atoms with Gasteiger partial charge in [0.05, 0.1) is 23.9 Å². The van der Waals surface area contributed by atoms with E-state index < -0.39 is 0 Å². The van der Waals surface area contributed by atoms with Crippen molar-refractivity contribution in [2.75, 3.05) is 5.32 Å². The van der Waals surface area contributed by atoms with Gasteiger partial charge in [-0.3, -0.25) is 4.79 Å². The molecule has 31 heavy (non-hydrogen) atoms.